The molecule has 3 aromatic carbocycles. The molecule has 0 fully saturated rings. The van der Waals surface area contributed by atoms with Gasteiger partial charge in [-0.15, -0.1) is 0 Å². The summed E-state index contributed by atoms with van der Waals surface area (Å²) in [5.74, 6) is 0.740. The quantitative estimate of drug-likeness (QED) is 0.407. The topological polar surface area (TPSA) is 30.2 Å². The number of rotatable bonds is 3. The molecule has 0 spiro atoms. The van der Waals surface area contributed by atoms with E-state index in [-0.39, 0.29) is 6.04 Å². The third-order valence-electron chi connectivity index (χ3n) is 5.10. The highest BCUT2D eigenvalue weighted by Crippen LogP contribution is 2.36. The van der Waals surface area contributed by atoms with Gasteiger partial charge in [-0.2, -0.15) is 0 Å². The second kappa shape index (κ2) is 7.10. The largest absolute Gasteiger partial charge is 0.307 e. The van der Waals surface area contributed by atoms with Crippen molar-refractivity contribution in [2.24, 2.45) is 4.99 Å². The molecule has 0 saturated heterocycles. The number of aliphatic imine (C=N–C) groups is 1. The Morgan fingerprint density at radius 1 is 0.786 bits per heavy atom. The van der Waals surface area contributed by atoms with Crippen LogP contribution >= 0.6 is 11.6 Å². The zero-order valence-corrected chi connectivity index (χ0v) is 15.9. The minimum absolute atomic E-state index is 0.157. The minimum Gasteiger partial charge on any atom is -0.307 e. The average Bonchev–Trinajstić information content (AvgIpc) is 3.19. The van der Waals surface area contributed by atoms with Gasteiger partial charge in [-0.1, -0.05) is 84.4 Å². The van der Waals surface area contributed by atoms with E-state index in [0.29, 0.717) is 0 Å². The smallest absolute Gasteiger partial charge is 0.230 e. The van der Waals surface area contributed by atoms with Crippen LogP contribution in [0.4, 0.5) is 5.95 Å². The monoisotopic (exact) mass is 383 g/mol. The van der Waals surface area contributed by atoms with Crippen LogP contribution in [0.2, 0.25) is 5.02 Å². The van der Waals surface area contributed by atoms with Crippen LogP contribution < -0.4 is 0 Å². The van der Waals surface area contributed by atoms with E-state index in [1.165, 1.54) is 5.56 Å². The zero-order valence-electron chi connectivity index (χ0n) is 15.2. The zero-order chi connectivity index (χ0) is 18.9. The summed E-state index contributed by atoms with van der Waals surface area (Å²) in [4.78, 5) is 9.73. The summed E-state index contributed by atoms with van der Waals surface area (Å²) in [5, 5.41) is 0.729. The Kier molecular flexibility index (Phi) is 4.30. The van der Waals surface area contributed by atoms with E-state index in [0.717, 1.165) is 39.9 Å². The van der Waals surface area contributed by atoms with Gasteiger partial charge in [-0.25, -0.2) is 9.98 Å². The first-order chi connectivity index (χ1) is 13.8. The van der Waals surface area contributed by atoms with Crippen molar-refractivity contribution in [3.8, 4) is 11.3 Å². The number of hydrogen-bond acceptors (Lipinski definition) is 2. The Morgan fingerprint density at radius 3 is 2.18 bits per heavy atom. The number of aromatic nitrogens is 2. The molecule has 0 bridgehead atoms. The van der Waals surface area contributed by atoms with E-state index in [1.54, 1.807) is 0 Å². The SMILES string of the molecule is Clc1ccc(C2=Nc3nc(-c4ccccc4)cn3C(c3ccccc3)C2)cc1. The van der Waals surface area contributed by atoms with Crippen LogP contribution in [-0.4, -0.2) is 15.3 Å². The van der Waals surface area contributed by atoms with Crippen molar-refractivity contribution in [1.29, 1.82) is 0 Å². The van der Waals surface area contributed by atoms with Gasteiger partial charge in [0.15, 0.2) is 0 Å². The first kappa shape index (κ1) is 17.0. The van der Waals surface area contributed by atoms with Gasteiger partial charge in [-0.05, 0) is 23.3 Å². The van der Waals surface area contributed by atoms with Gasteiger partial charge < -0.3 is 4.57 Å². The van der Waals surface area contributed by atoms with Gasteiger partial charge in [0.1, 0.15) is 0 Å². The molecule has 1 aliphatic heterocycles. The molecule has 1 aliphatic rings. The van der Waals surface area contributed by atoms with E-state index < -0.39 is 0 Å². The molecule has 1 unspecified atom stereocenters. The molecule has 4 heteroatoms. The molecule has 0 N–H and O–H groups in total. The van der Waals surface area contributed by atoms with Crippen LogP contribution in [0, 0.1) is 0 Å². The number of fused-ring (bicyclic) bond motifs is 1. The fraction of sp³-hybridized carbons (Fsp3) is 0.0833. The number of benzene rings is 3. The molecule has 136 valence electrons. The summed E-state index contributed by atoms with van der Waals surface area (Å²) in [7, 11) is 0. The third kappa shape index (κ3) is 3.14. The normalized spacial score (nSPS) is 15.8. The van der Waals surface area contributed by atoms with Gasteiger partial charge in [0.25, 0.3) is 0 Å². The van der Waals surface area contributed by atoms with Crippen molar-refractivity contribution >= 4 is 23.3 Å². The molecule has 0 aliphatic carbocycles. The van der Waals surface area contributed by atoms with Crippen molar-refractivity contribution in [2.75, 3.05) is 0 Å². The maximum Gasteiger partial charge on any atom is 0.230 e. The van der Waals surface area contributed by atoms with Crippen LogP contribution in [0.15, 0.2) is 96.1 Å². The average molecular weight is 384 g/mol. The Morgan fingerprint density at radius 2 is 1.46 bits per heavy atom. The Balaban J connectivity index is 1.64. The molecule has 1 atom stereocenters. The molecule has 0 radical (unpaired) electrons. The lowest BCUT2D eigenvalue weighted by Crippen LogP contribution is -2.19. The molecule has 4 aromatic rings. The predicted octanol–water partition coefficient (Wildman–Crippen LogP) is 6.32. The van der Waals surface area contributed by atoms with Gasteiger partial charge in [0.2, 0.25) is 5.95 Å². The van der Waals surface area contributed by atoms with E-state index in [2.05, 4.69) is 47.2 Å². The molecule has 3 nitrogen and oxygen atoms in total. The second-order valence-corrected chi connectivity index (χ2v) is 7.33. The summed E-state index contributed by atoms with van der Waals surface area (Å²) in [6.07, 6.45) is 2.92. The highest BCUT2D eigenvalue weighted by molar-refractivity contribution is 6.30. The summed E-state index contributed by atoms with van der Waals surface area (Å²) >= 11 is 6.07. The highest BCUT2D eigenvalue weighted by Gasteiger charge is 2.26. The molecule has 2 heterocycles. The first-order valence-corrected chi connectivity index (χ1v) is 9.68. The predicted molar refractivity (Wildman–Crippen MR) is 115 cm³/mol. The van der Waals surface area contributed by atoms with Gasteiger partial charge in [0.05, 0.1) is 17.4 Å². The second-order valence-electron chi connectivity index (χ2n) is 6.90. The van der Waals surface area contributed by atoms with Crippen LogP contribution in [0.1, 0.15) is 23.6 Å². The summed E-state index contributed by atoms with van der Waals surface area (Å²) in [6.45, 7) is 0. The highest BCUT2D eigenvalue weighted by atomic mass is 35.5. The third-order valence-corrected chi connectivity index (χ3v) is 5.35. The molecule has 5 rings (SSSR count). The van der Waals surface area contributed by atoms with Gasteiger partial charge in [0, 0.05) is 23.2 Å². The molecular weight excluding hydrogens is 366 g/mol. The Hall–Kier alpha value is -3.17. The lowest BCUT2D eigenvalue weighted by Gasteiger charge is -2.25. The summed E-state index contributed by atoms with van der Waals surface area (Å²) in [5.41, 5.74) is 5.41. The van der Waals surface area contributed by atoms with E-state index in [4.69, 9.17) is 21.6 Å². The Labute approximate surface area is 169 Å². The van der Waals surface area contributed by atoms with E-state index >= 15 is 0 Å². The van der Waals surface area contributed by atoms with Gasteiger partial charge in [-0.3, -0.25) is 0 Å². The van der Waals surface area contributed by atoms with Crippen LogP contribution in [0.25, 0.3) is 11.3 Å². The molecular formula is C24H18ClN3. The van der Waals surface area contributed by atoms with E-state index in [9.17, 15) is 0 Å². The Bertz CT molecular complexity index is 1130. The fourth-order valence-electron chi connectivity index (χ4n) is 3.67. The first-order valence-electron chi connectivity index (χ1n) is 9.31. The maximum absolute atomic E-state index is 6.07. The van der Waals surface area contributed by atoms with E-state index in [1.807, 2.05) is 48.5 Å². The number of imidazole rings is 1. The lowest BCUT2D eigenvalue weighted by molar-refractivity contribution is 0.596. The molecule has 1 aromatic heterocycles. The number of hydrogen-bond donors (Lipinski definition) is 0. The van der Waals surface area contributed by atoms with Crippen LogP contribution in [-0.2, 0) is 0 Å². The van der Waals surface area contributed by atoms with Crippen molar-refractivity contribution in [3.63, 3.8) is 0 Å². The molecule has 0 saturated carbocycles. The standard InChI is InChI=1S/C24H18ClN3/c25-20-13-11-18(12-14-20)21-15-23(19-9-5-2-6-10-19)28-16-22(27-24(28)26-21)17-7-3-1-4-8-17/h1-14,16,23H,15H2. The molecule has 0 amide bonds. The number of halogens is 1. The minimum atomic E-state index is 0.157. The summed E-state index contributed by atoms with van der Waals surface area (Å²) in [6, 6.07) is 28.8. The maximum atomic E-state index is 6.07. The van der Waals surface area contributed by atoms with Crippen molar-refractivity contribution in [1.82, 2.24) is 9.55 Å². The summed E-state index contributed by atoms with van der Waals surface area (Å²) < 4.78 is 2.19. The van der Waals surface area contributed by atoms with Crippen LogP contribution in [0.5, 0.6) is 0 Å². The lowest BCUT2D eigenvalue weighted by atomic mass is 9.96. The fourth-order valence-corrected chi connectivity index (χ4v) is 3.80. The van der Waals surface area contributed by atoms with Crippen molar-refractivity contribution < 1.29 is 0 Å². The van der Waals surface area contributed by atoms with Crippen LogP contribution in [0.3, 0.4) is 0 Å². The van der Waals surface area contributed by atoms with Gasteiger partial charge >= 0.3 is 0 Å². The number of nitrogens with zero attached hydrogens (tertiary/aromatic N) is 3. The molecule has 28 heavy (non-hydrogen) atoms. The van der Waals surface area contributed by atoms with Crippen molar-refractivity contribution in [3.05, 3.63) is 107 Å². The van der Waals surface area contributed by atoms with Crippen molar-refractivity contribution in [2.45, 2.75) is 12.5 Å².